The lowest BCUT2D eigenvalue weighted by molar-refractivity contribution is 1.18. The normalized spacial score (nSPS) is 11.9. The summed E-state index contributed by atoms with van der Waals surface area (Å²) < 4.78 is 4.80. The number of hydrogen-bond acceptors (Lipinski definition) is 0. The molecule has 0 radical (unpaired) electrons. The predicted molar refractivity (Wildman–Crippen MR) is 239 cm³/mol. The molecule has 12 aromatic rings. The van der Waals surface area contributed by atoms with E-state index in [0.717, 1.165) is 5.69 Å². The van der Waals surface area contributed by atoms with Gasteiger partial charge in [-0.25, -0.2) is 0 Å². The maximum Gasteiger partial charge on any atom is 0.0541 e. The Kier molecular flexibility index (Phi) is 6.66. The second-order valence-electron chi connectivity index (χ2n) is 14.9. The van der Waals surface area contributed by atoms with Crippen molar-refractivity contribution in [3.63, 3.8) is 0 Å². The van der Waals surface area contributed by atoms with Gasteiger partial charge in [0.05, 0.1) is 22.1 Å². The van der Waals surface area contributed by atoms with Gasteiger partial charge < -0.3 is 9.13 Å². The lowest BCUT2D eigenvalue weighted by atomic mass is 9.90. The van der Waals surface area contributed by atoms with E-state index in [2.05, 4.69) is 215 Å². The minimum Gasteiger partial charge on any atom is -0.309 e. The fourth-order valence-electron chi connectivity index (χ4n) is 9.39. The highest BCUT2D eigenvalue weighted by atomic mass is 15.0. The number of hydrogen-bond donors (Lipinski definition) is 0. The Morgan fingerprint density at radius 1 is 0.250 bits per heavy atom. The topological polar surface area (TPSA) is 9.86 Å². The van der Waals surface area contributed by atoms with Gasteiger partial charge in [-0.15, -0.1) is 0 Å². The van der Waals surface area contributed by atoms with Crippen molar-refractivity contribution in [2.75, 3.05) is 0 Å². The summed E-state index contributed by atoms with van der Waals surface area (Å²) in [6.07, 6.45) is 0. The van der Waals surface area contributed by atoms with Crippen LogP contribution in [-0.2, 0) is 0 Å². The zero-order chi connectivity index (χ0) is 36.7. The van der Waals surface area contributed by atoms with Gasteiger partial charge in [0.15, 0.2) is 0 Å². The standard InChI is InChI=1S/C54H34N2/c1-2-22-48-43(17-1)49(37-14-12-16-41(33-37)56-52-25-9-5-20-46(52)47-21-6-10-26-53(47)56)34-39-28-27-38-31-36(29-30-42(38)54(39)48)35-13-11-15-40(32-35)55-50-23-7-3-18-44(50)45-19-4-8-24-51(45)55/h1-34H. The summed E-state index contributed by atoms with van der Waals surface area (Å²) >= 11 is 0. The van der Waals surface area contributed by atoms with E-state index in [4.69, 9.17) is 0 Å². The fourth-order valence-corrected chi connectivity index (χ4v) is 9.39. The quantitative estimate of drug-likeness (QED) is 0.161. The van der Waals surface area contributed by atoms with Crippen LogP contribution in [0.2, 0.25) is 0 Å². The molecule has 2 heteroatoms. The lowest BCUT2D eigenvalue weighted by Gasteiger charge is -2.15. The maximum atomic E-state index is 2.40. The van der Waals surface area contributed by atoms with Crippen molar-refractivity contribution in [2.24, 2.45) is 0 Å². The van der Waals surface area contributed by atoms with E-state index in [1.807, 2.05) is 0 Å². The minimum absolute atomic E-state index is 1.16. The summed E-state index contributed by atoms with van der Waals surface area (Å²) in [6, 6.07) is 75.8. The molecule has 0 saturated carbocycles. The van der Waals surface area contributed by atoms with E-state index < -0.39 is 0 Å². The van der Waals surface area contributed by atoms with Crippen LogP contribution >= 0.6 is 0 Å². The van der Waals surface area contributed by atoms with E-state index in [1.54, 1.807) is 0 Å². The molecule has 0 aliphatic rings. The predicted octanol–water partition coefficient (Wildman–Crippen LogP) is 14.7. The average Bonchev–Trinajstić information content (AvgIpc) is 3.79. The molecule has 12 rings (SSSR count). The molecule has 0 amide bonds. The Hall–Kier alpha value is -7.42. The highest BCUT2D eigenvalue weighted by Gasteiger charge is 2.16. The Labute approximate surface area is 323 Å². The SMILES string of the molecule is c1cc(-c2ccc3c(ccc4cc(-c5cccc(-n6c7ccccc7c7ccccc76)c5)c5ccccc5c43)c2)cc(-n2c3ccccc3c3ccccc32)c1. The van der Waals surface area contributed by atoms with Crippen LogP contribution in [0.1, 0.15) is 0 Å². The van der Waals surface area contributed by atoms with Gasteiger partial charge in [0, 0.05) is 32.9 Å². The van der Waals surface area contributed by atoms with Crippen molar-refractivity contribution >= 4 is 75.9 Å². The van der Waals surface area contributed by atoms with Crippen LogP contribution in [0.4, 0.5) is 0 Å². The molecule has 2 aromatic heterocycles. The minimum atomic E-state index is 1.16. The molecule has 2 nitrogen and oxygen atoms in total. The Morgan fingerprint density at radius 3 is 1.27 bits per heavy atom. The molecule has 10 aromatic carbocycles. The highest BCUT2D eigenvalue weighted by molar-refractivity contribution is 6.23. The van der Waals surface area contributed by atoms with E-state index in [0.29, 0.717) is 0 Å². The summed E-state index contributed by atoms with van der Waals surface area (Å²) in [6.45, 7) is 0. The van der Waals surface area contributed by atoms with Gasteiger partial charge in [-0.3, -0.25) is 0 Å². The molecule has 2 heterocycles. The maximum absolute atomic E-state index is 2.40. The first-order chi connectivity index (χ1) is 27.8. The van der Waals surface area contributed by atoms with Crippen LogP contribution in [0.15, 0.2) is 206 Å². The molecule has 0 unspecified atom stereocenters. The highest BCUT2D eigenvalue weighted by Crippen LogP contribution is 2.41. The van der Waals surface area contributed by atoms with Gasteiger partial charge in [-0.1, -0.05) is 146 Å². The number of rotatable bonds is 4. The second-order valence-corrected chi connectivity index (χ2v) is 14.9. The molecule has 0 spiro atoms. The number of benzene rings is 10. The van der Waals surface area contributed by atoms with Crippen LogP contribution in [-0.4, -0.2) is 9.13 Å². The van der Waals surface area contributed by atoms with Gasteiger partial charge in [0.25, 0.3) is 0 Å². The third-order valence-electron chi connectivity index (χ3n) is 11.9. The van der Waals surface area contributed by atoms with Crippen LogP contribution in [0.5, 0.6) is 0 Å². The second kappa shape index (κ2) is 12.0. The molecular weight excluding hydrogens is 677 g/mol. The van der Waals surface area contributed by atoms with Crippen molar-refractivity contribution in [2.45, 2.75) is 0 Å². The molecule has 0 bridgehead atoms. The summed E-state index contributed by atoms with van der Waals surface area (Å²) in [5.41, 5.74) is 12.1. The van der Waals surface area contributed by atoms with Crippen molar-refractivity contribution in [3.05, 3.63) is 206 Å². The molecular formula is C54H34N2. The third-order valence-corrected chi connectivity index (χ3v) is 11.9. The number of fused-ring (bicyclic) bond motifs is 11. The molecule has 0 N–H and O–H groups in total. The summed E-state index contributed by atoms with van der Waals surface area (Å²) in [5.74, 6) is 0. The van der Waals surface area contributed by atoms with Crippen LogP contribution in [0.25, 0.3) is 110 Å². The molecule has 56 heavy (non-hydrogen) atoms. The van der Waals surface area contributed by atoms with E-state index in [-0.39, 0.29) is 0 Å². The fraction of sp³-hybridized carbons (Fsp3) is 0. The first kappa shape index (κ1) is 31.0. The zero-order valence-electron chi connectivity index (χ0n) is 30.5. The van der Waals surface area contributed by atoms with Gasteiger partial charge in [-0.05, 0) is 115 Å². The lowest BCUT2D eigenvalue weighted by Crippen LogP contribution is -1.94. The molecule has 0 fully saturated rings. The van der Waals surface area contributed by atoms with Gasteiger partial charge in [0.1, 0.15) is 0 Å². The van der Waals surface area contributed by atoms with Crippen LogP contribution in [0.3, 0.4) is 0 Å². The van der Waals surface area contributed by atoms with Gasteiger partial charge in [-0.2, -0.15) is 0 Å². The Balaban J connectivity index is 0.993. The number of nitrogens with zero attached hydrogens (tertiary/aromatic N) is 2. The van der Waals surface area contributed by atoms with E-state index in [1.165, 1.54) is 104 Å². The first-order valence-electron chi connectivity index (χ1n) is 19.3. The smallest absolute Gasteiger partial charge is 0.0541 e. The van der Waals surface area contributed by atoms with Crippen molar-refractivity contribution in [1.29, 1.82) is 0 Å². The molecule has 0 atom stereocenters. The Bertz CT molecular complexity index is 3440. The van der Waals surface area contributed by atoms with Crippen molar-refractivity contribution in [1.82, 2.24) is 9.13 Å². The van der Waals surface area contributed by atoms with Crippen molar-refractivity contribution < 1.29 is 0 Å². The van der Waals surface area contributed by atoms with Crippen LogP contribution < -0.4 is 0 Å². The summed E-state index contributed by atoms with van der Waals surface area (Å²) in [5, 5.41) is 12.7. The average molecular weight is 711 g/mol. The Morgan fingerprint density at radius 2 is 0.696 bits per heavy atom. The van der Waals surface area contributed by atoms with E-state index >= 15 is 0 Å². The molecule has 0 aliphatic carbocycles. The third kappa shape index (κ3) is 4.57. The monoisotopic (exact) mass is 710 g/mol. The largest absolute Gasteiger partial charge is 0.309 e. The molecule has 0 saturated heterocycles. The molecule has 260 valence electrons. The summed E-state index contributed by atoms with van der Waals surface area (Å²) in [4.78, 5) is 0. The number of para-hydroxylation sites is 4. The first-order valence-corrected chi connectivity index (χ1v) is 19.3. The van der Waals surface area contributed by atoms with Gasteiger partial charge >= 0.3 is 0 Å². The summed E-state index contributed by atoms with van der Waals surface area (Å²) in [7, 11) is 0. The zero-order valence-corrected chi connectivity index (χ0v) is 30.5. The number of aromatic nitrogens is 2. The van der Waals surface area contributed by atoms with Crippen LogP contribution in [0, 0.1) is 0 Å². The molecule has 0 aliphatic heterocycles. The van der Waals surface area contributed by atoms with E-state index in [9.17, 15) is 0 Å². The van der Waals surface area contributed by atoms with Crippen molar-refractivity contribution in [3.8, 4) is 33.6 Å². The van der Waals surface area contributed by atoms with Gasteiger partial charge in [0.2, 0.25) is 0 Å².